The highest BCUT2D eigenvalue weighted by Gasteiger charge is 2.10. The van der Waals surface area contributed by atoms with Crippen LogP contribution < -0.4 is 5.32 Å². The molecule has 0 unspecified atom stereocenters. The van der Waals surface area contributed by atoms with Gasteiger partial charge in [-0.2, -0.15) is 0 Å². The number of hydrogen-bond donors (Lipinski definition) is 1. The fraction of sp³-hybridized carbons (Fsp3) is 0.0588. The van der Waals surface area contributed by atoms with Crippen molar-refractivity contribution < 1.29 is 4.79 Å². The molecule has 1 N–H and O–H groups in total. The van der Waals surface area contributed by atoms with Crippen LogP contribution in [-0.4, -0.2) is 10.9 Å². The highest BCUT2D eigenvalue weighted by atomic mass is 79.9. The Morgan fingerprint density at radius 3 is 2.86 bits per heavy atom. The van der Waals surface area contributed by atoms with E-state index < -0.39 is 0 Å². The summed E-state index contributed by atoms with van der Waals surface area (Å²) in [6, 6.07) is 15.3. The summed E-state index contributed by atoms with van der Waals surface area (Å²) >= 11 is 5.02. The smallest absolute Gasteiger partial charge is 0.251 e. The molecular weight excluding hydrogens is 360 g/mol. The lowest BCUT2D eigenvalue weighted by atomic mass is 10.1. The largest absolute Gasteiger partial charge is 0.348 e. The third-order valence-corrected chi connectivity index (χ3v) is 4.54. The molecule has 3 nitrogen and oxygen atoms in total. The molecule has 0 aliphatic carbocycles. The van der Waals surface area contributed by atoms with Crippen LogP contribution in [0.4, 0.5) is 0 Å². The molecule has 1 aromatic carbocycles. The van der Waals surface area contributed by atoms with E-state index in [2.05, 4.69) is 26.2 Å². The lowest BCUT2D eigenvalue weighted by Crippen LogP contribution is -2.23. The molecule has 0 atom stereocenters. The quantitative estimate of drug-likeness (QED) is 0.732. The fourth-order valence-corrected chi connectivity index (χ4v) is 3.28. The van der Waals surface area contributed by atoms with Crippen LogP contribution >= 0.6 is 27.3 Å². The van der Waals surface area contributed by atoms with E-state index in [4.69, 9.17) is 0 Å². The Balaban J connectivity index is 1.76. The second kappa shape index (κ2) is 6.85. The number of pyridine rings is 1. The van der Waals surface area contributed by atoms with Gasteiger partial charge in [0.1, 0.15) is 0 Å². The van der Waals surface area contributed by atoms with E-state index in [0.717, 1.165) is 20.6 Å². The van der Waals surface area contributed by atoms with Gasteiger partial charge in [0.15, 0.2) is 0 Å². The molecule has 3 rings (SSSR count). The van der Waals surface area contributed by atoms with Crippen molar-refractivity contribution in [2.45, 2.75) is 6.54 Å². The molecule has 2 heterocycles. The number of carbonyl (C=O) groups is 1. The Labute approximate surface area is 141 Å². The standard InChI is InChI=1S/C17H13BrN2OS/c18-14-6-1-4-12(10-14)17(21)20-11-13-5-2-8-19-16(13)15-7-3-9-22-15/h1-10H,11H2,(H,20,21). The van der Waals surface area contributed by atoms with Gasteiger partial charge in [-0.3, -0.25) is 9.78 Å². The van der Waals surface area contributed by atoms with Crippen LogP contribution in [0.25, 0.3) is 10.6 Å². The molecule has 0 radical (unpaired) electrons. The molecule has 0 spiro atoms. The minimum Gasteiger partial charge on any atom is -0.348 e. The van der Waals surface area contributed by atoms with Gasteiger partial charge in [-0.25, -0.2) is 0 Å². The number of thiophene rings is 1. The van der Waals surface area contributed by atoms with Crippen LogP contribution in [0.2, 0.25) is 0 Å². The number of hydrogen-bond acceptors (Lipinski definition) is 3. The van der Waals surface area contributed by atoms with Gasteiger partial charge >= 0.3 is 0 Å². The third-order valence-electron chi connectivity index (χ3n) is 3.17. The van der Waals surface area contributed by atoms with Crippen molar-refractivity contribution in [1.29, 1.82) is 0 Å². The summed E-state index contributed by atoms with van der Waals surface area (Å²) in [6.45, 7) is 0.451. The molecule has 110 valence electrons. The van der Waals surface area contributed by atoms with E-state index in [1.165, 1.54) is 0 Å². The summed E-state index contributed by atoms with van der Waals surface area (Å²) in [5, 5.41) is 4.97. The predicted molar refractivity (Wildman–Crippen MR) is 92.9 cm³/mol. The highest BCUT2D eigenvalue weighted by molar-refractivity contribution is 9.10. The second-order valence-corrected chi connectivity index (χ2v) is 6.54. The van der Waals surface area contributed by atoms with Crippen LogP contribution in [0.5, 0.6) is 0 Å². The van der Waals surface area contributed by atoms with Gasteiger partial charge in [0.25, 0.3) is 5.91 Å². The van der Waals surface area contributed by atoms with Gasteiger partial charge in [-0.1, -0.05) is 34.1 Å². The maximum atomic E-state index is 12.2. The SMILES string of the molecule is O=C(NCc1cccnc1-c1cccs1)c1cccc(Br)c1. The van der Waals surface area contributed by atoms with Crippen molar-refractivity contribution in [3.63, 3.8) is 0 Å². The Kier molecular flexibility index (Phi) is 4.65. The Morgan fingerprint density at radius 2 is 2.09 bits per heavy atom. The Hall–Kier alpha value is -1.98. The van der Waals surface area contributed by atoms with Gasteiger partial charge in [-0.05, 0) is 41.3 Å². The number of nitrogens with zero attached hydrogens (tertiary/aromatic N) is 1. The van der Waals surface area contributed by atoms with Crippen LogP contribution in [0.3, 0.4) is 0 Å². The second-order valence-electron chi connectivity index (χ2n) is 4.68. The van der Waals surface area contributed by atoms with Crippen LogP contribution in [0.15, 0.2) is 64.6 Å². The number of benzene rings is 1. The first-order chi connectivity index (χ1) is 10.7. The topological polar surface area (TPSA) is 42.0 Å². The average molecular weight is 373 g/mol. The number of amides is 1. The van der Waals surface area contributed by atoms with Gasteiger partial charge in [0.2, 0.25) is 0 Å². The number of rotatable bonds is 4. The molecule has 0 aliphatic heterocycles. The van der Waals surface area contributed by atoms with E-state index in [-0.39, 0.29) is 5.91 Å². The van der Waals surface area contributed by atoms with Crippen molar-refractivity contribution in [3.8, 4) is 10.6 Å². The molecule has 0 saturated carbocycles. The predicted octanol–water partition coefficient (Wildman–Crippen LogP) is 4.50. The summed E-state index contributed by atoms with van der Waals surface area (Å²) in [4.78, 5) is 17.8. The monoisotopic (exact) mass is 372 g/mol. The van der Waals surface area contributed by atoms with Crippen LogP contribution in [0.1, 0.15) is 15.9 Å². The molecule has 5 heteroatoms. The summed E-state index contributed by atoms with van der Waals surface area (Å²) < 4.78 is 0.890. The Bertz CT molecular complexity index is 787. The van der Waals surface area contributed by atoms with Gasteiger partial charge < -0.3 is 5.32 Å². The van der Waals surface area contributed by atoms with E-state index in [9.17, 15) is 4.79 Å². The first-order valence-electron chi connectivity index (χ1n) is 6.75. The molecule has 2 aromatic heterocycles. The third kappa shape index (κ3) is 3.43. The van der Waals surface area contributed by atoms with E-state index in [1.807, 2.05) is 41.8 Å². The maximum Gasteiger partial charge on any atom is 0.251 e. The first kappa shape index (κ1) is 14.9. The number of carbonyl (C=O) groups excluding carboxylic acids is 1. The fourth-order valence-electron chi connectivity index (χ4n) is 2.12. The van der Waals surface area contributed by atoms with Gasteiger partial charge in [-0.15, -0.1) is 11.3 Å². The molecule has 0 saturated heterocycles. The average Bonchev–Trinajstić information content (AvgIpc) is 3.07. The number of halogens is 1. The van der Waals surface area contributed by atoms with Gasteiger partial charge in [0, 0.05) is 22.8 Å². The number of nitrogens with one attached hydrogen (secondary N) is 1. The highest BCUT2D eigenvalue weighted by Crippen LogP contribution is 2.25. The molecular formula is C17H13BrN2OS. The Morgan fingerprint density at radius 1 is 1.18 bits per heavy atom. The molecule has 1 amide bonds. The van der Waals surface area contributed by atoms with Crippen LogP contribution in [0, 0.1) is 0 Å². The van der Waals surface area contributed by atoms with Crippen molar-refractivity contribution in [3.05, 3.63) is 75.7 Å². The summed E-state index contributed by atoms with van der Waals surface area (Å²) in [5.74, 6) is -0.0951. The zero-order valence-corrected chi connectivity index (χ0v) is 14.0. The normalized spacial score (nSPS) is 10.4. The lowest BCUT2D eigenvalue weighted by molar-refractivity contribution is 0.0951. The van der Waals surface area contributed by atoms with E-state index in [1.54, 1.807) is 29.7 Å². The molecule has 3 aromatic rings. The lowest BCUT2D eigenvalue weighted by Gasteiger charge is -2.09. The zero-order chi connectivity index (χ0) is 15.4. The summed E-state index contributed by atoms with van der Waals surface area (Å²) in [6.07, 6.45) is 1.77. The summed E-state index contributed by atoms with van der Waals surface area (Å²) in [5.41, 5.74) is 2.57. The minimum absolute atomic E-state index is 0.0951. The van der Waals surface area contributed by atoms with Crippen molar-refractivity contribution in [1.82, 2.24) is 10.3 Å². The molecule has 0 bridgehead atoms. The van der Waals surface area contributed by atoms with E-state index >= 15 is 0 Å². The molecule has 22 heavy (non-hydrogen) atoms. The van der Waals surface area contributed by atoms with Crippen molar-refractivity contribution >= 4 is 33.2 Å². The van der Waals surface area contributed by atoms with Crippen LogP contribution in [-0.2, 0) is 6.54 Å². The minimum atomic E-state index is -0.0951. The van der Waals surface area contributed by atoms with Crippen molar-refractivity contribution in [2.75, 3.05) is 0 Å². The molecule has 0 fully saturated rings. The summed E-state index contributed by atoms with van der Waals surface area (Å²) in [7, 11) is 0. The number of aromatic nitrogens is 1. The van der Waals surface area contributed by atoms with E-state index in [0.29, 0.717) is 12.1 Å². The van der Waals surface area contributed by atoms with Crippen molar-refractivity contribution in [2.24, 2.45) is 0 Å². The zero-order valence-electron chi connectivity index (χ0n) is 11.6. The molecule has 0 aliphatic rings. The maximum absolute atomic E-state index is 12.2. The van der Waals surface area contributed by atoms with Gasteiger partial charge in [0.05, 0.1) is 10.6 Å². The first-order valence-corrected chi connectivity index (χ1v) is 8.43.